The van der Waals surface area contributed by atoms with Crippen LogP contribution < -0.4 is 5.73 Å². The van der Waals surface area contributed by atoms with Crippen molar-refractivity contribution in [3.8, 4) is 0 Å². The number of benzene rings is 1. The van der Waals surface area contributed by atoms with Crippen molar-refractivity contribution in [1.29, 1.82) is 0 Å². The lowest BCUT2D eigenvalue weighted by molar-refractivity contribution is -0.137. The molecule has 1 aromatic rings. The molecule has 0 saturated heterocycles. The predicted molar refractivity (Wildman–Crippen MR) is 65.1 cm³/mol. The molecule has 18 heavy (non-hydrogen) atoms. The fourth-order valence-electron chi connectivity index (χ4n) is 1.58. The number of alkyl halides is 3. The summed E-state index contributed by atoms with van der Waals surface area (Å²) in [6.45, 7) is 1.94. The monoisotopic (exact) mass is 285 g/mol. The van der Waals surface area contributed by atoms with Gasteiger partial charge in [-0.1, -0.05) is 19.8 Å². The van der Waals surface area contributed by atoms with Crippen LogP contribution >= 0.6 is 12.4 Å². The van der Waals surface area contributed by atoms with Crippen LogP contribution in [-0.2, 0) is 6.18 Å². The van der Waals surface area contributed by atoms with Gasteiger partial charge in [0.05, 0.1) is 5.56 Å². The minimum Gasteiger partial charge on any atom is -0.324 e. The molecule has 0 heterocycles. The summed E-state index contributed by atoms with van der Waals surface area (Å²) in [6.07, 6.45) is -2.35. The highest BCUT2D eigenvalue weighted by molar-refractivity contribution is 5.85. The van der Waals surface area contributed by atoms with Crippen molar-refractivity contribution in [2.45, 2.75) is 38.4 Å². The van der Waals surface area contributed by atoms with Gasteiger partial charge in [-0.05, 0) is 24.6 Å². The van der Waals surface area contributed by atoms with Crippen molar-refractivity contribution in [2.24, 2.45) is 5.73 Å². The molecule has 0 radical (unpaired) electrons. The Kier molecular flexibility index (Phi) is 6.63. The minimum absolute atomic E-state index is 0. The Balaban J connectivity index is 0.00000289. The Hall–Kier alpha value is -0.810. The van der Waals surface area contributed by atoms with Crippen LogP contribution in [0.25, 0.3) is 0 Å². The minimum atomic E-state index is -4.47. The molecule has 0 spiro atoms. The fraction of sp³-hybridized carbons (Fsp3) is 0.500. The van der Waals surface area contributed by atoms with E-state index in [9.17, 15) is 17.6 Å². The Morgan fingerprint density at radius 1 is 1.28 bits per heavy atom. The molecule has 0 saturated carbocycles. The molecule has 1 rings (SSSR count). The van der Waals surface area contributed by atoms with E-state index in [0.717, 1.165) is 31.0 Å². The van der Waals surface area contributed by atoms with Crippen molar-refractivity contribution >= 4 is 12.4 Å². The second-order valence-electron chi connectivity index (χ2n) is 3.98. The van der Waals surface area contributed by atoms with Gasteiger partial charge in [0.15, 0.2) is 0 Å². The van der Waals surface area contributed by atoms with E-state index in [1.807, 2.05) is 6.92 Å². The van der Waals surface area contributed by atoms with Crippen molar-refractivity contribution in [2.75, 3.05) is 0 Å². The number of halogens is 5. The molecule has 0 amide bonds. The molecule has 0 unspecified atom stereocenters. The smallest absolute Gasteiger partial charge is 0.324 e. The van der Waals surface area contributed by atoms with E-state index < -0.39 is 23.6 Å². The summed E-state index contributed by atoms with van der Waals surface area (Å²) in [5, 5.41) is 0. The molecule has 0 fully saturated rings. The lowest BCUT2D eigenvalue weighted by Crippen LogP contribution is -2.14. The number of hydrogen-bond donors (Lipinski definition) is 1. The van der Waals surface area contributed by atoms with E-state index in [4.69, 9.17) is 5.73 Å². The Morgan fingerprint density at radius 3 is 2.39 bits per heavy atom. The van der Waals surface area contributed by atoms with Gasteiger partial charge in [0.1, 0.15) is 5.82 Å². The zero-order valence-electron chi connectivity index (χ0n) is 9.93. The van der Waals surface area contributed by atoms with Crippen LogP contribution in [0.15, 0.2) is 18.2 Å². The number of rotatable bonds is 4. The van der Waals surface area contributed by atoms with Crippen LogP contribution in [0, 0.1) is 5.82 Å². The highest BCUT2D eigenvalue weighted by atomic mass is 35.5. The van der Waals surface area contributed by atoms with Gasteiger partial charge >= 0.3 is 6.18 Å². The first-order chi connectivity index (χ1) is 7.86. The Bertz CT molecular complexity index is 379. The van der Waals surface area contributed by atoms with Crippen LogP contribution in [0.4, 0.5) is 17.6 Å². The highest BCUT2D eigenvalue weighted by Gasteiger charge is 2.31. The van der Waals surface area contributed by atoms with Crippen molar-refractivity contribution < 1.29 is 17.6 Å². The maximum atomic E-state index is 13.4. The summed E-state index contributed by atoms with van der Waals surface area (Å²) in [5.74, 6) is -0.679. The third-order valence-corrected chi connectivity index (χ3v) is 2.59. The molecular formula is C12H16ClF4N. The van der Waals surface area contributed by atoms with Gasteiger partial charge in [0.2, 0.25) is 0 Å². The second-order valence-corrected chi connectivity index (χ2v) is 3.98. The maximum Gasteiger partial charge on any atom is 0.416 e. The normalized spacial score (nSPS) is 13.0. The van der Waals surface area contributed by atoms with Gasteiger partial charge < -0.3 is 5.73 Å². The molecule has 1 nitrogen and oxygen atoms in total. The quantitative estimate of drug-likeness (QED) is 0.812. The molecule has 104 valence electrons. The Morgan fingerprint density at radius 2 is 1.89 bits per heavy atom. The summed E-state index contributed by atoms with van der Waals surface area (Å²) in [7, 11) is 0. The van der Waals surface area contributed by atoms with E-state index in [-0.39, 0.29) is 18.0 Å². The highest BCUT2D eigenvalue weighted by Crippen LogP contribution is 2.32. The molecular weight excluding hydrogens is 270 g/mol. The summed E-state index contributed by atoms with van der Waals surface area (Å²) in [6, 6.07) is 1.67. The van der Waals surface area contributed by atoms with Gasteiger partial charge in [0, 0.05) is 11.6 Å². The van der Waals surface area contributed by atoms with E-state index in [1.54, 1.807) is 0 Å². The SMILES string of the molecule is CCCC[C@H](N)c1cc(C(F)(F)F)ccc1F.Cl. The molecule has 6 heteroatoms. The third-order valence-electron chi connectivity index (χ3n) is 2.59. The first kappa shape index (κ1) is 17.2. The molecule has 0 aliphatic carbocycles. The largest absolute Gasteiger partial charge is 0.416 e. The lowest BCUT2D eigenvalue weighted by atomic mass is 9.99. The van der Waals surface area contributed by atoms with Gasteiger partial charge in [-0.25, -0.2) is 4.39 Å². The van der Waals surface area contributed by atoms with E-state index >= 15 is 0 Å². The zero-order valence-corrected chi connectivity index (χ0v) is 10.7. The van der Waals surface area contributed by atoms with Gasteiger partial charge in [-0.2, -0.15) is 13.2 Å². The zero-order chi connectivity index (χ0) is 13.1. The molecule has 1 aromatic carbocycles. The lowest BCUT2D eigenvalue weighted by Gasteiger charge is -2.15. The first-order valence-electron chi connectivity index (χ1n) is 5.48. The summed E-state index contributed by atoms with van der Waals surface area (Å²) < 4.78 is 50.7. The van der Waals surface area contributed by atoms with E-state index in [0.29, 0.717) is 6.42 Å². The molecule has 0 aromatic heterocycles. The van der Waals surface area contributed by atoms with E-state index in [1.165, 1.54) is 0 Å². The average molecular weight is 286 g/mol. The van der Waals surface area contributed by atoms with Crippen molar-refractivity contribution in [1.82, 2.24) is 0 Å². The van der Waals surface area contributed by atoms with Crippen LogP contribution in [0.5, 0.6) is 0 Å². The third kappa shape index (κ3) is 4.46. The Labute approximate surface area is 110 Å². The number of unbranched alkanes of at least 4 members (excludes halogenated alkanes) is 1. The van der Waals surface area contributed by atoms with Crippen LogP contribution in [0.2, 0.25) is 0 Å². The second kappa shape index (κ2) is 6.95. The maximum absolute atomic E-state index is 13.4. The van der Waals surface area contributed by atoms with Crippen LogP contribution in [0.3, 0.4) is 0 Å². The fourth-order valence-corrected chi connectivity index (χ4v) is 1.58. The first-order valence-corrected chi connectivity index (χ1v) is 5.48. The topological polar surface area (TPSA) is 26.0 Å². The standard InChI is InChI=1S/C12H15F4N.ClH/c1-2-3-4-11(17)9-7-8(12(14,15)16)5-6-10(9)13;/h5-7,11H,2-4,17H2,1H3;1H/t11-;/m0./s1. The molecule has 1 atom stereocenters. The molecule has 0 aliphatic rings. The predicted octanol–water partition coefficient (Wildman–Crippen LogP) is 4.46. The number of nitrogens with two attached hydrogens (primary N) is 1. The average Bonchev–Trinajstić information content (AvgIpc) is 2.24. The van der Waals surface area contributed by atoms with Crippen molar-refractivity contribution in [3.05, 3.63) is 35.1 Å². The van der Waals surface area contributed by atoms with Gasteiger partial charge in [0.25, 0.3) is 0 Å². The summed E-state index contributed by atoms with van der Waals surface area (Å²) in [4.78, 5) is 0. The molecule has 0 aliphatic heterocycles. The van der Waals surface area contributed by atoms with Crippen LogP contribution in [-0.4, -0.2) is 0 Å². The molecule has 0 bridgehead atoms. The van der Waals surface area contributed by atoms with Crippen molar-refractivity contribution in [3.63, 3.8) is 0 Å². The summed E-state index contributed by atoms with van der Waals surface area (Å²) >= 11 is 0. The molecule has 2 N–H and O–H groups in total. The van der Waals surface area contributed by atoms with E-state index in [2.05, 4.69) is 0 Å². The van der Waals surface area contributed by atoms with Gasteiger partial charge in [-0.3, -0.25) is 0 Å². The van der Waals surface area contributed by atoms with Crippen LogP contribution in [0.1, 0.15) is 43.4 Å². The number of hydrogen-bond acceptors (Lipinski definition) is 1. The van der Waals surface area contributed by atoms with Gasteiger partial charge in [-0.15, -0.1) is 12.4 Å². The summed E-state index contributed by atoms with van der Waals surface area (Å²) in [5.41, 5.74) is 4.76.